The molecule has 0 aliphatic carbocycles. The van der Waals surface area contributed by atoms with Gasteiger partial charge in [-0.2, -0.15) is 18.4 Å². The summed E-state index contributed by atoms with van der Waals surface area (Å²) in [5, 5.41) is 16.0. The molecule has 9 heteroatoms. The van der Waals surface area contributed by atoms with Crippen molar-refractivity contribution in [2.45, 2.75) is 19.1 Å². The molecule has 0 saturated heterocycles. The third kappa shape index (κ3) is 2.73. The van der Waals surface area contributed by atoms with Crippen molar-refractivity contribution in [1.29, 1.82) is 0 Å². The predicted molar refractivity (Wildman–Crippen MR) is 55.5 cm³/mol. The topological polar surface area (TPSA) is 79.4 Å². The normalized spacial score (nSPS) is 13.3. The van der Waals surface area contributed by atoms with Gasteiger partial charge in [0.25, 0.3) is 0 Å². The molecule has 2 aromatic heterocycles. The fourth-order valence-corrected chi connectivity index (χ4v) is 1.29. The molecule has 0 aliphatic heterocycles. The lowest BCUT2D eigenvalue weighted by Gasteiger charge is -2.11. The van der Waals surface area contributed by atoms with Gasteiger partial charge in [0.15, 0.2) is 5.82 Å². The number of aromatic nitrogens is 5. The maximum atomic E-state index is 12.3. The number of halogens is 3. The van der Waals surface area contributed by atoms with E-state index in [9.17, 15) is 13.2 Å². The second-order valence-corrected chi connectivity index (χ2v) is 3.57. The van der Waals surface area contributed by atoms with Crippen molar-refractivity contribution in [1.82, 2.24) is 25.6 Å². The van der Waals surface area contributed by atoms with Crippen LogP contribution >= 0.6 is 0 Å². The van der Waals surface area contributed by atoms with Crippen LogP contribution in [0.4, 0.5) is 19.0 Å². The zero-order valence-electron chi connectivity index (χ0n) is 9.23. The summed E-state index contributed by atoms with van der Waals surface area (Å²) in [5.41, 5.74) is -0.791. The molecule has 0 amide bonds. The lowest BCUT2D eigenvalue weighted by molar-refractivity contribution is -0.137. The summed E-state index contributed by atoms with van der Waals surface area (Å²) in [4.78, 5) is 3.68. The number of pyridine rings is 1. The zero-order chi connectivity index (χ0) is 13.2. The van der Waals surface area contributed by atoms with Crippen LogP contribution in [0.3, 0.4) is 0 Å². The number of H-pyrrole nitrogens is 1. The number of nitrogens with zero attached hydrogens (tertiary/aromatic N) is 4. The molecule has 0 bridgehead atoms. The molecule has 0 aliphatic rings. The second-order valence-electron chi connectivity index (χ2n) is 3.57. The Labute approximate surface area is 99.6 Å². The van der Waals surface area contributed by atoms with Gasteiger partial charge >= 0.3 is 6.18 Å². The smallest absolute Gasteiger partial charge is 0.360 e. The molecule has 2 rings (SSSR count). The molecule has 2 aromatic rings. The van der Waals surface area contributed by atoms with E-state index in [0.717, 1.165) is 12.3 Å². The van der Waals surface area contributed by atoms with Crippen LogP contribution in [0.1, 0.15) is 24.4 Å². The van der Waals surface area contributed by atoms with Crippen LogP contribution in [-0.4, -0.2) is 25.6 Å². The van der Waals surface area contributed by atoms with Crippen LogP contribution in [0.5, 0.6) is 0 Å². The summed E-state index contributed by atoms with van der Waals surface area (Å²) >= 11 is 0. The van der Waals surface area contributed by atoms with Crippen LogP contribution in [0.15, 0.2) is 18.3 Å². The highest BCUT2D eigenvalue weighted by molar-refractivity contribution is 5.37. The molecule has 0 aromatic carbocycles. The zero-order valence-corrected chi connectivity index (χ0v) is 9.23. The molecule has 18 heavy (non-hydrogen) atoms. The molecule has 0 spiro atoms. The molecular weight excluding hydrogens is 249 g/mol. The molecule has 96 valence electrons. The minimum absolute atomic E-state index is 0.306. The summed E-state index contributed by atoms with van der Waals surface area (Å²) in [6.45, 7) is 1.74. The predicted octanol–water partition coefficient (Wildman–Crippen LogP) is 1.79. The summed E-state index contributed by atoms with van der Waals surface area (Å²) in [5.74, 6) is 0.706. The van der Waals surface area contributed by atoms with Crippen molar-refractivity contribution < 1.29 is 13.2 Å². The first kappa shape index (κ1) is 12.3. The van der Waals surface area contributed by atoms with E-state index in [1.54, 1.807) is 6.92 Å². The van der Waals surface area contributed by atoms with Gasteiger partial charge in [-0.1, -0.05) is 5.21 Å². The number of alkyl halides is 3. The summed E-state index contributed by atoms with van der Waals surface area (Å²) in [6, 6.07) is 1.89. The van der Waals surface area contributed by atoms with Gasteiger partial charge in [0.05, 0.1) is 11.6 Å². The van der Waals surface area contributed by atoms with Gasteiger partial charge in [0, 0.05) is 6.20 Å². The Balaban J connectivity index is 2.07. The molecule has 0 saturated carbocycles. The molecule has 2 N–H and O–H groups in total. The van der Waals surface area contributed by atoms with Gasteiger partial charge in [-0.25, -0.2) is 4.98 Å². The van der Waals surface area contributed by atoms with Crippen LogP contribution in [0.25, 0.3) is 0 Å². The largest absolute Gasteiger partial charge is 0.417 e. The molecule has 6 nitrogen and oxygen atoms in total. The molecule has 1 atom stereocenters. The van der Waals surface area contributed by atoms with Crippen molar-refractivity contribution >= 4 is 5.82 Å². The Kier molecular flexibility index (Phi) is 3.13. The Morgan fingerprint density at radius 1 is 1.33 bits per heavy atom. The second kappa shape index (κ2) is 4.59. The SMILES string of the molecule is CC(Nc1ccc(C(F)(F)F)cn1)c1nn[nH]n1. The number of nitrogens with one attached hydrogen (secondary N) is 2. The lowest BCUT2D eigenvalue weighted by atomic mass is 10.2. The summed E-state index contributed by atoms with van der Waals surface area (Å²) in [7, 11) is 0. The highest BCUT2D eigenvalue weighted by Gasteiger charge is 2.30. The van der Waals surface area contributed by atoms with Gasteiger partial charge in [-0.3, -0.25) is 0 Å². The highest BCUT2D eigenvalue weighted by atomic mass is 19.4. The van der Waals surface area contributed by atoms with Crippen LogP contribution in [0.2, 0.25) is 0 Å². The number of hydrogen-bond donors (Lipinski definition) is 2. The van der Waals surface area contributed by atoms with E-state index >= 15 is 0 Å². The van der Waals surface area contributed by atoms with Crippen molar-refractivity contribution in [3.05, 3.63) is 29.7 Å². The van der Waals surface area contributed by atoms with E-state index in [4.69, 9.17) is 0 Å². The third-order valence-electron chi connectivity index (χ3n) is 2.20. The van der Waals surface area contributed by atoms with E-state index < -0.39 is 11.7 Å². The Bertz CT molecular complexity index is 492. The van der Waals surface area contributed by atoms with Crippen molar-refractivity contribution in [2.24, 2.45) is 0 Å². The van der Waals surface area contributed by atoms with Gasteiger partial charge < -0.3 is 5.32 Å². The molecular formula is C9H9F3N6. The lowest BCUT2D eigenvalue weighted by Crippen LogP contribution is -2.11. The number of tetrazole rings is 1. The van der Waals surface area contributed by atoms with E-state index in [0.29, 0.717) is 11.6 Å². The van der Waals surface area contributed by atoms with E-state index in [1.807, 2.05) is 0 Å². The number of aromatic amines is 1. The van der Waals surface area contributed by atoms with Crippen molar-refractivity contribution in [3.8, 4) is 0 Å². The standard InChI is InChI=1S/C9H9F3N6/c1-5(8-15-17-18-16-8)14-7-3-2-6(4-13-7)9(10,11)12/h2-5H,1H3,(H,13,14)(H,15,16,17,18). The molecule has 2 heterocycles. The monoisotopic (exact) mass is 258 g/mol. The van der Waals surface area contributed by atoms with Crippen LogP contribution in [0, 0.1) is 0 Å². The Morgan fingerprint density at radius 3 is 2.61 bits per heavy atom. The van der Waals surface area contributed by atoms with Crippen LogP contribution in [-0.2, 0) is 6.18 Å². The molecule has 1 unspecified atom stereocenters. The molecule has 0 radical (unpaired) electrons. The van der Waals surface area contributed by atoms with Gasteiger partial charge in [0.1, 0.15) is 5.82 Å². The third-order valence-corrected chi connectivity index (χ3v) is 2.20. The fourth-order valence-electron chi connectivity index (χ4n) is 1.29. The molecule has 0 fully saturated rings. The van der Waals surface area contributed by atoms with E-state index in [1.165, 1.54) is 6.07 Å². The van der Waals surface area contributed by atoms with E-state index in [2.05, 4.69) is 30.9 Å². The average molecular weight is 258 g/mol. The Morgan fingerprint density at radius 2 is 2.11 bits per heavy atom. The number of anilines is 1. The number of hydrogen-bond acceptors (Lipinski definition) is 5. The first-order chi connectivity index (χ1) is 8.47. The Hall–Kier alpha value is -2.19. The first-order valence-corrected chi connectivity index (χ1v) is 5.00. The summed E-state index contributed by atoms with van der Waals surface area (Å²) in [6.07, 6.45) is -3.61. The highest BCUT2D eigenvalue weighted by Crippen LogP contribution is 2.29. The van der Waals surface area contributed by atoms with E-state index in [-0.39, 0.29) is 6.04 Å². The van der Waals surface area contributed by atoms with Gasteiger partial charge in [0.2, 0.25) is 0 Å². The number of rotatable bonds is 3. The minimum Gasteiger partial charge on any atom is -0.360 e. The van der Waals surface area contributed by atoms with Crippen molar-refractivity contribution in [2.75, 3.05) is 5.32 Å². The van der Waals surface area contributed by atoms with Crippen molar-refractivity contribution in [3.63, 3.8) is 0 Å². The minimum atomic E-state index is -4.38. The summed E-state index contributed by atoms with van der Waals surface area (Å²) < 4.78 is 36.9. The van der Waals surface area contributed by atoms with Gasteiger partial charge in [-0.05, 0) is 19.1 Å². The van der Waals surface area contributed by atoms with Gasteiger partial charge in [-0.15, -0.1) is 10.2 Å². The maximum absolute atomic E-state index is 12.3. The fraction of sp³-hybridized carbons (Fsp3) is 0.333. The first-order valence-electron chi connectivity index (χ1n) is 5.00. The maximum Gasteiger partial charge on any atom is 0.417 e. The quantitative estimate of drug-likeness (QED) is 0.877. The van der Waals surface area contributed by atoms with Crippen LogP contribution < -0.4 is 5.32 Å². The average Bonchev–Trinajstić information content (AvgIpc) is 2.82.